The van der Waals surface area contributed by atoms with Crippen LogP contribution >= 0.6 is 0 Å². The lowest BCUT2D eigenvalue weighted by Crippen LogP contribution is -2.04. The van der Waals surface area contributed by atoms with Gasteiger partial charge in [0.25, 0.3) is 0 Å². The van der Waals surface area contributed by atoms with Crippen molar-refractivity contribution >= 4 is 87.0 Å². The van der Waals surface area contributed by atoms with Crippen molar-refractivity contribution in [3.63, 3.8) is 0 Å². The number of nitrogens with zero attached hydrogens (tertiary/aromatic N) is 3. The Bertz CT molecular complexity index is 3390. The summed E-state index contributed by atoms with van der Waals surface area (Å²) in [5.41, 5.74) is 3.19. The summed E-state index contributed by atoms with van der Waals surface area (Å²) in [7, 11) is 0. The number of phenols is 5. The van der Waals surface area contributed by atoms with Gasteiger partial charge in [0.1, 0.15) is 11.2 Å². The van der Waals surface area contributed by atoms with E-state index in [1.54, 1.807) is 0 Å². The Balaban J connectivity index is 1.35. The van der Waals surface area contributed by atoms with Gasteiger partial charge < -0.3 is 29.9 Å². The van der Waals surface area contributed by atoms with Gasteiger partial charge in [-0.1, -0.05) is 91.0 Å². The minimum absolute atomic E-state index is 0.0306. The molecule has 0 atom stereocenters. The van der Waals surface area contributed by atoms with E-state index in [2.05, 4.69) is 36.4 Å². The number of phenolic OH excluding ortho intramolecular Hbond substituents is 5. The van der Waals surface area contributed by atoms with Crippen molar-refractivity contribution in [1.29, 1.82) is 0 Å². The molecule has 5 N–H and O–H groups in total. The summed E-state index contributed by atoms with van der Waals surface area (Å²) in [4.78, 5) is 10.1. The maximum absolute atomic E-state index is 11.2. The van der Waals surface area contributed by atoms with Crippen LogP contribution in [0.1, 0.15) is 0 Å². The summed E-state index contributed by atoms with van der Waals surface area (Å²) < 4.78 is 8.77. The first-order valence-corrected chi connectivity index (χ1v) is 17.0. The van der Waals surface area contributed by atoms with Crippen LogP contribution in [-0.4, -0.2) is 40.1 Å². The van der Waals surface area contributed by atoms with E-state index in [0.717, 1.165) is 76.1 Å². The largest absolute Gasteiger partial charge is 0.504 e. The van der Waals surface area contributed by atoms with Crippen LogP contribution in [0.4, 0.5) is 0 Å². The Morgan fingerprint density at radius 3 is 1.72 bits per heavy atom. The molecule has 0 aliphatic heterocycles. The first-order valence-electron chi connectivity index (χ1n) is 17.0. The average Bonchev–Trinajstić information content (AvgIpc) is 3.74. The fraction of sp³-hybridized carbons (Fsp3) is 0. The Labute approximate surface area is 298 Å². The number of aromatic hydroxyl groups is 5. The highest BCUT2D eigenvalue weighted by molar-refractivity contribution is 6.35. The van der Waals surface area contributed by atoms with Gasteiger partial charge in [-0.25, -0.2) is 9.97 Å². The number of benzene rings is 8. The average molecular weight is 692 g/mol. The van der Waals surface area contributed by atoms with Crippen molar-refractivity contribution in [3.8, 4) is 46.0 Å². The summed E-state index contributed by atoms with van der Waals surface area (Å²) in [6, 6.07) is 39.9. The van der Waals surface area contributed by atoms with Gasteiger partial charge in [-0.3, -0.25) is 4.57 Å². The molecule has 0 amide bonds. The van der Waals surface area contributed by atoms with E-state index < -0.39 is 28.7 Å². The molecule has 0 saturated carbocycles. The first kappa shape index (κ1) is 29.2. The quantitative estimate of drug-likeness (QED) is 0.0684. The van der Waals surface area contributed by atoms with Gasteiger partial charge in [0.05, 0.1) is 33.2 Å². The Morgan fingerprint density at radius 1 is 0.472 bits per heavy atom. The predicted molar refractivity (Wildman–Crippen MR) is 207 cm³/mol. The number of rotatable bonds is 2. The zero-order valence-electron chi connectivity index (χ0n) is 27.5. The third-order valence-corrected chi connectivity index (χ3v) is 10.5. The molecule has 9 heteroatoms. The van der Waals surface area contributed by atoms with E-state index >= 15 is 0 Å². The third kappa shape index (κ3) is 3.85. The molecule has 252 valence electrons. The maximum atomic E-state index is 11.2. The van der Waals surface area contributed by atoms with Crippen molar-refractivity contribution < 1.29 is 29.9 Å². The summed E-state index contributed by atoms with van der Waals surface area (Å²) in [6.45, 7) is 0. The molecule has 8 aromatic carbocycles. The molecular weight excluding hydrogens is 666 g/mol. The summed E-state index contributed by atoms with van der Waals surface area (Å²) in [6.07, 6.45) is 0. The minimum Gasteiger partial charge on any atom is -0.504 e. The van der Waals surface area contributed by atoms with E-state index in [1.165, 1.54) is 0 Å². The fourth-order valence-electron chi connectivity index (χ4n) is 8.07. The fourth-order valence-corrected chi connectivity index (χ4v) is 8.07. The van der Waals surface area contributed by atoms with Crippen molar-refractivity contribution in [2.45, 2.75) is 0 Å². The predicted octanol–water partition coefficient (Wildman–Crippen LogP) is 10.3. The second-order valence-electron chi connectivity index (χ2n) is 13.3. The third-order valence-electron chi connectivity index (χ3n) is 10.5. The Morgan fingerprint density at radius 2 is 1.02 bits per heavy atom. The smallest absolute Gasteiger partial charge is 0.235 e. The number of fused-ring (bicyclic) bond motifs is 13. The molecule has 0 radical (unpaired) electrons. The zero-order chi connectivity index (χ0) is 35.7. The van der Waals surface area contributed by atoms with E-state index in [9.17, 15) is 25.5 Å². The number of hydrogen-bond donors (Lipinski definition) is 5. The molecule has 53 heavy (non-hydrogen) atoms. The topological polar surface area (TPSA) is 145 Å². The van der Waals surface area contributed by atoms with E-state index in [-0.39, 0.29) is 17.2 Å². The molecule has 11 rings (SSSR count). The number of furan rings is 1. The van der Waals surface area contributed by atoms with Crippen molar-refractivity contribution in [3.05, 3.63) is 121 Å². The van der Waals surface area contributed by atoms with Crippen LogP contribution in [0.15, 0.2) is 126 Å². The highest BCUT2D eigenvalue weighted by Gasteiger charge is 2.29. The maximum Gasteiger partial charge on any atom is 0.235 e. The van der Waals surface area contributed by atoms with Gasteiger partial charge in [-0.15, -0.1) is 0 Å². The lowest BCUT2D eigenvalue weighted by molar-refractivity contribution is 0.330. The van der Waals surface area contributed by atoms with Crippen LogP contribution in [0.2, 0.25) is 0 Å². The molecule has 9 nitrogen and oxygen atoms in total. The molecule has 3 aromatic heterocycles. The van der Waals surface area contributed by atoms with Gasteiger partial charge in [0, 0.05) is 26.9 Å². The van der Waals surface area contributed by atoms with Crippen LogP contribution in [0.3, 0.4) is 0 Å². The SMILES string of the molecule is Oc1c(O)c(O)c(-c2nc(-n3c4ccccc4c4c5oc6cc7ccccc7cc6c5c5ccccc5c43)nc3cc4ccccc4cc23)c(O)c1O. The minimum atomic E-state index is -1.05. The van der Waals surface area contributed by atoms with E-state index in [4.69, 9.17) is 14.4 Å². The van der Waals surface area contributed by atoms with Gasteiger partial charge >= 0.3 is 0 Å². The first-order chi connectivity index (χ1) is 25.9. The number of para-hydroxylation sites is 1. The lowest BCUT2D eigenvalue weighted by Gasteiger charge is -2.16. The van der Waals surface area contributed by atoms with Gasteiger partial charge in [0.15, 0.2) is 11.5 Å². The van der Waals surface area contributed by atoms with Gasteiger partial charge in [-0.05, 0) is 57.3 Å². The van der Waals surface area contributed by atoms with Gasteiger partial charge in [-0.2, -0.15) is 0 Å². The van der Waals surface area contributed by atoms with Gasteiger partial charge in [0.2, 0.25) is 23.2 Å². The van der Waals surface area contributed by atoms with E-state index in [0.29, 0.717) is 10.9 Å². The second kappa shape index (κ2) is 10.3. The van der Waals surface area contributed by atoms with E-state index in [1.807, 2.05) is 89.5 Å². The molecule has 0 unspecified atom stereocenters. The summed E-state index contributed by atoms with van der Waals surface area (Å²) >= 11 is 0. The molecule has 0 aliphatic carbocycles. The lowest BCUT2D eigenvalue weighted by atomic mass is 9.98. The van der Waals surface area contributed by atoms with Crippen LogP contribution in [0.25, 0.3) is 104 Å². The van der Waals surface area contributed by atoms with Crippen LogP contribution in [0.5, 0.6) is 28.7 Å². The Kier molecular flexibility index (Phi) is 5.67. The van der Waals surface area contributed by atoms with Crippen molar-refractivity contribution in [2.24, 2.45) is 0 Å². The number of hydrogen-bond acceptors (Lipinski definition) is 8. The van der Waals surface area contributed by atoms with Crippen LogP contribution in [0, 0.1) is 0 Å². The summed E-state index contributed by atoms with van der Waals surface area (Å²) in [5, 5.41) is 64.0. The molecule has 0 fully saturated rings. The molecular formula is C44H25N3O6. The van der Waals surface area contributed by atoms with Crippen molar-refractivity contribution in [1.82, 2.24) is 14.5 Å². The molecule has 0 spiro atoms. The Hall–Kier alpha value is -7.52. The molecule has 3 heterocycles. The standard InChI is InChI=1S/C44H25N3O6/c48-38-35(39(49)41(51)42(52)40(38)50)36-28-17-21-9-1-3-11-23(21)19-30(28)45-44(46-36)47-31-16-8-7-15-27(31)34-37(47)26-14-6-5-13-25(26)33-29-18-22-10-2-4-12-24(22)20-32(29)53-43(33)34/h1-20,48-52H. The second-order valence-corrected chi connectivity index (χ2v) is 13.3. The van der Waals surface area contributed by atoms with Crippen LogP contribution in [-0.2, 0) is 0 Å². The molecule has 0 saturated heterocycles. The van der Waals surface area contributed by atoms with Crippen molar-refractivity contribution in [2.75, 3.05) is 0 Å². The highest BCUT2D eigenvalue weighted by Crippen LogP contribution is 2.55. The molecule has 0 aliphatic rings. The molecule has 0 bridgehead atoms. The number of aromatic nitrogens is 3. The highest BCUT2D eigenvalue weighted by atomic mass is 16.4. The normalized spacial score (nSPS) is 12.2. The van der Waals surface area contributed by atoms with Crippen LogP contribution < -0.4 is 0 Å². The monoisotopic (exact) mass is 691 g/mol. The zero-order valence-corrected chi connectivity index (χ0v) is 27.5. The summed E-state index contributed by atoms with van der Waals surface area (Å²) in [5.74, 6) is -4.53. The molecule has 11 aromatic rings.